The van der Waals surface area contributed by atoms with Crippen molar-refractivity contribution in [1.82, 2.24) is 20.0 Å². The van der Waals surface area contributed by atoms with Crippen LogP contribution in [-0.2, 0) is 19.4 Å². The molecule has 0 unspecified atom stereocenters. The van der Waals surface area contributed by atoms with Gasteiger partial charge >= 0.3 is 0 Å². The van der Waals surface area contributed by atoms with E-state index >= 15 is 0 Å². The molecule has 6 heteroatoms. The van der Waals surface area contributed by atoms with Gasteiger partial charge in [-0.3, -0.25) is 0 Å². The highest BCUT2D eigenvalue weighted by molar-refractivity contribution is 7.09. The fourth-order valence-corrected chi connectivity index (χ4v) is 2.31. The molecule has 0 aliphatic heterocycles. The van der Waals surface area contributed by atoms with E-state index in [1.165, 1.54) is 0 Å². The zero-order valence-corrected chi connectivity index (χ0v) is 10.6. The molecule has 0 radical (unpaired) electrons. The predicted molar refractivity (Wildman–Crippen MR) is 65.0 cm³/mol. The number of hydrogen-bond acceptors (Lipinski definition) is 4. The summed E-state index contributed by atoms with van der Waals surface area (Å²) in [6.07, 6.45) is 3.67. The van der Waals surface area contributed by atoms with Crippen LogP contribution in [0.5, 0.6) is 0 Å². The molecule has 0 spiro atoms. The van der Waals surface area contributed by atoms with Crippen LogP contribution in [0.15, 0.2) is 11.6 Å². The summed E-state index contributed by atoms with van der Waals surface area (Å²) in [6, 6.07) is 0. The van der Waals surface area contributed by atoms with Crippen LogP contribution in [0.2, 0.25) is 0 Å². The van der Waals surface area contributed by atoms with Crippen LogP contribution in [0.1, 0.15) is 23.3 Å². The maximum Gasteiger partial charge on any atom is 0.0926 e. The zero-order valence-electron chi connectivity index (χ0n) is 9.06. The first-order valence-electron chi connectivity index (χ1n) is 5.20. The molecule has 16 heavy (non-hydrogen) atoms. The molecule has 86 valence electrons. The quantitative estimate of drug-likeness (QED) is 0.770. The Morgan fingerprint density at radius 1 is 1.44 bits per heavy atom. The van der Waals surface area contributed by atoms with Crippen molar-refractivity contribution < 1.29 is 0 Å². The van der Waals surface area contributed by atoms with E-state index in [2.05, 4.69) is 27.6 Å². The lowest BCUT2D eigenvalue weighted by molar-refractivity contribution is 0.639. The highest BCUT2D eigenvalue weighted by Gasteiger charge is 2.04. The van der Waals surface area contributed by atoms with E-state index in [1.54, 1.807) is 16.0 Å². The summed E-state index contributed by atoms with van der Waals surface area (Å²) >= 11 is 7.33. The molecule has 2 heterocycles. The van der Waals surface area contributed by atoms with E-state index in [4.69, 9.17) is 11.6 Å². The van der Waals surface area contributed by atoms with Gasteiger partial charge in [0.1, 0.15) is 0 Å². The van der Waals surface area contributed by atoms with E-state index in [1.807, 2.05) is 6.20 Å². The number of alkyl halides is 1. The summed E-state index contributed by atoms with van der Waals surface area (Å²) in [7, 11) is 0. The van der Waals surface area contributed by atoms with Crippen molar-refractivity contribution >= 4 is 22.9 Å². The van der Waals surface area contributed by atoms with Crippen LogP contribution >= 0.6 is 22.9 Å². The van der Waals surface area contributed by atoms with E-state index < -0.39 is 0 Å². The van der Waals surface area contributed by atoms with Crippen molar-refractivity contribution in [3.05, 3.63) is 28.0 Å². The van der Waals surface area contributed by atoms with E-state index in [0.29, 0.717) is 12.4 Å². The van der Waals surface area contributed by atoms with Crippen molar-refractivity contribution in [3.8, 4) is 0 Å². The smallest absolute Gasteiger partial charge is 0.0926 e. The highest BCUT2D eigenvalue weighted by atomic mass is 35.5. The Kier molecular flexibility index (Phi) is 3.90. The summed E-state index contributed by atoms with van der Waals surface area (Å²) in [5.41, 5.74) is 1.98. The topological polar surface area (TPSA) is 43.6 Å². The van der Waals surface area contributed by atoms with Gasteiger partial charge in [-0.15, -0.1) is 28.0 Å². The molecule has 0 bridgehead atoms. The minimum Gasteiger partial charge on any atom is -0.246 e. The molecular weight excluding hydrogens is 244 g/mol. The van der Waals surface area contributed by atoms with E-state index in [9.17, 15) is 0 Å². The van der Waals surface area contributed by atoms with Crippen molar-refractivity contribution in [2.45, 2.75) is 26.3 Å². The predicted octanol–water partition coefficient (Wildman–Crippen LogP) is 2.13. The molecule has 0 N–H and O–H groups in total. The Hall–Kier alpha value is -0.940. The molecule has 0 saturated heterocycles. The van der Waals surface area contributed by atoms with Gasteiger partial charge in [-0.25, -0.2) is 9.67 Å². The van der Waals surface area contributed by atoms with Crippen LogP contribution in [-0.4, -0.2) is 25.9 Å². The number of aromatic nitrogens is 4. The molecule has 0 atom stereocenters. The average Bonchev–Trinajstić information content (AvgIpc) is 2.89. The van der Waals surface area contributed by atoms with Crippen LogP contribution in [0.4, 0.5) is 0 Å². The van der Waals surface area contributed by atoms with Gasteiger partial charge in [0.05, 0.1) is 22.9 Å². The van der Waals surface area contributed by atoms with Crippen molar-refractivity contribution in [3.63, 3.8) is 0 Å². The van der Waals surface area contributed by atoms with Gasteiger partial charge < -0.3 is 0 Å². The monoisotopic (exact) mass is 256 g/mol. The van der Waals surface area contributed by atoms with Crippen LogP contribution in [0.3, 0.4) is 0 Å². The number of aryl methyl sites for hydroxylation is 2. The van der Waals surface area contributed by atoms with Gasteiger partial charge in [0.2, 0.25) is 0 Å². The maximum absolute atomic E-state index is 5.64. The standard InChI is InChI=1S/C10H13ClN4S/c1-2-10-12-9(7-16-10)6-15-5-8(3-4-11)13-14-15/h5,7H,2-4,6H2,1H3. The Bertz CT molecular complexity index is 451. The lowest BCUT2D eigenvalue weighted by Gasteiger charge is -1.94. The molecule has 0 saturated carbocycles. The Morgan fingerprint density at radius 3 is 3.00 bits per heavy atom. The number of hydrogen-bond donors (Lipinski definition) is 0. The summed E-state index contributed by atoms with van der Waals surface area (Å²) in [5.74, 6) is 0.579. The first kappa shape index (κ1) is 11.5. The fourth-order valence-electron chi connectivity index (χ4n) is 1.38. The first-order valence-corrected chi connectivity index (χ1v) is 6.61. The van der Waals surface area contributed by atoms with Gasteiger partial charge in [0, 0.05) is 23.9 Å². The van der Waals surface area contributed by atoms with Gasteiger partial charge in [-0.05, 0) is 6.42 Å². The second-order valence-electron chi connectivity index (χ2n) is 3.43. The van der Waals surface area contributed by atoms with Crippen molar-refractivity contribution in [2.24, 2.45) is 0 Å². The van der Waals surface area contributed by atoms with Gasteiger partial charge in [0.25, 0.3) is 0 Å². The largest absolute Gasteiger partial charge is 0.246 e. The molecule has 0 aliphatic carbocycles. The molecule has 0 aliphatic rings. The molecule has 0 amide bonds. The molecular formula is C10H13ClN4S. The third-order valence-electron chi connectivity index (χ3n) is 2.16. The number of thiazole rings is 1. The minimum atomic E-state index is 0.579. The van der Waals surface area contributed by atoms with Crippen molar-refractivity contribution in [2.75, 3.05) is 5.88 Å². The van der Waals surface area contributed by atoms with Crippen LogP contribution in [0, 0.1) is 0 Å². The normalized spacial score (nSPS) is 10.9. The second kappa shape index (κ2) is 5.41. The van der Waals surface area contributed by atoms with Gasteiger partial charge in [0.15, 0.2) is 0 Å². The van der Waals surface area contributed by atoms with Gasteiger partial charge in [-0.2, -0.15) is 0 Å². The SMILES string of the molecule is CCc1nc(Cn2cc(CCCl)nn2)cs1. The zero-order chi connectivity index (χ0) is 11.4. The number of rotatable bonds is 5. The Labute approximate surface area is 103 Å². The lowest BCUT2D eigenvalue weighted by atomic mass is 10.4. The number of nitrogens with zero attached hydrogens (tertiary/aromatic N) is 4. The summed E-state index contributed by atoms with van der Waals surface area (Å²) in [4.78, 5) is 4.48. The number of halogens is 1. The summed E-state index contributed by atoms with van der Waals surface area (Å²) in [5, 5.41) is 11.3. The fraction of sp³-hybridized carbons (Fsp3) is 0.500. The van der Waals surface area contributed by atoms with Crippen LogP contribution in [0.25, 0.3) is 0 Å². The minimum absolute atomic E-state index is 0.579. The third-order valence-corrected chi connectivity index (χ3v) is 3.39. The molecule has 2 aromatic heterocycles. The van der Waals surface area contributed by atoms with E-state index in [0.717, 1.165) is 29.2 Å². The maximum atomic E-state index is 5.64. The van der Waals surface area contributed by atoms with Gasteiger partial charge in [-0.1, -0.05) is 12.1 Å². The van der Waals surface area contributed by atoms with Crippen molar-refractivity contribution in [1.29, 1.82) is 0 Å². The molecule has 0 fully saturated rings. The molecule has 4 nitrogen and oxygen atoms in total. The summed E-state index contributed by atoms with van der Waals surface area (Å²) in [6.45, 7) is 2.79. The lowest BCUT2D eigenvalue weighted by Crippen LogP contribution is -2.00. The molecule has 2 rings (SSSR count). The second-order valence-corrected chi connectivity index (χ2v) is 4.75. The first-order chi connectivity index (χ1) is 7.81. The third kappa shape index (κ3) is 2.80. The molecule has 2 aromatic rings. The summed E-state index contributed by atoms with van der Waals surface area (Å²) < 4.78 is 1.80. The molecule has 0 aromatic carbocycles. The van der Waals surface area contributed by atoms with E-state index in [-0.39, 0.29) is 0 Å². The average molecular weight is 257 g/mol. The highest BCUT2D eigenvalue weighted by Crippen LogP contribution is 2.11. The van der Waals surface area contributed by atoms with Crippen LogP contribution < -0.4 is 0 Å². The Balaban J connectivity index is 2.02. The Morgan fingerprint density at radius 2 is 2.31 bits per heavy atom.